The first-order chi connectivity index (χ1) is 13.0. The number of carbonyl (C=O) groups excluding carboxylic acids is 1. The number of carboxylic acids is 1. The molecule has 0 atom stereocenters. The summed E-state index contributed by atoms with van der Waals surface area (Å²) in [5, 5.41) is 22.0. The van der Waals surface area contributed by atoms with E-state index in [2.05, 4.69) is 15.3 Å². The predicted octanol–water partition coefficient (Wildman–Crippen LogP) is 2.38. The van der Waals surface area contributed by atoms with Gasteiger partial charge in [-0.15, -0.1) is 0 Å². The molecule has 8 heteroatoms. The van der Waals surface area contributed by atoms with E-state index >= 15 is 0 Å². The number of para-hydroxylation sites is 1. The second-order valence-corrected chi connectivity index (χ2v) is 6.31. The first-order valence-electron chi connectivity index (χ1n) is 8.17. The topological polar surface area (TPSA) is 95.3 Å². The number of ether oxygens (including phenoxy) is 1. The molecule has 1 heterocycles. The van der Waals surface area contributed by atoms with E-state index in [9.17, 15) is 9.90 Å². The molecule has 1 aromatic heterocycles. The van der Waals surface area contributed by atoms with Crippen LogP contribution in [-0.4, -0.2) is 27.1 Å². The molecule has 0 fully saturated rings. The fraction of sp³-hybridized carbons (Fsp3) is 0.158. The summed E-state index contributed by atoms with van der Waals surface area (Å²) < 4.78 is 7.71. The Morgan fingerprint density at radius 1 is 1.26 bits per heavy atom. The SMILES string of the molecule is Cc1cccc(C)c1OCc1n[nH]c(=S)n1/N=C\c1ccc(C(=O)[O-])cc1. The van der Waals surface area contributed by atoms with Crippen LogP contribution < -0.4 is 9.84 Å². The van der Waals surface area contributed by atoms with Gasteiger partial charge in [0.25, 0.3) is 0 Å². The quantitative estimate of drug-likeness (QED) is 0.522. The van der Waals surface area contributed by atoms with Gasteiger partial charge in [0.15, 0.2) is 5.82 Å². The van der Waals surface area contributed by atoms with E-state index in [1.165, 1.54) is 16.8 Å². The van der Waals surface area contributed by atoms with Gasteiger partial charge in [0.2, 0.25) is 4.77 Å². The fourth-order valence-electron chi connectivity index (χ4n) is 2.53. The summed E-state index contributed by atoms with van der Waals surface area (Å²) in [7, 11) is 0. The van der Waals surface area contributed by atoms with Crippen molar-refractivity contribution in [3.8, 4) is 5.75 Å². The van der Waals surface area contributed by atoms with Gasteiger partial charge in [-0.25, -0.2) is 5.10 Å². The maximum absolute atomic E-state index is 10.8. The van der Waals surface area contributed by atoms with Gasteiger partial charge in [0.05, 0.1) is 12.2 Å². The van der Waals surface area contributed by atoms with Crippen molar-refractivity contribution < 1.29 is 14.6 Å². The minimum absolute atomic E-state index is 0.106. The van der Waals surface area contributed by atoms with Crippen molar-refractivity contribution in [3.05, 3.63) is 75.3 Å². The van der Waals surface area contributed by atoms with Crippen molar-refractivity contribution in [1.82, 2.24) is 14.9 Å². The summed E-state index contributed by atoms with van der Waals surface area (Å²) >= 11 is 5.22. The zero-order chi connectivity index (χ0) is 19.4. The standard InChI is InChI=1S/C19H18N4O3S/c1-12-4-3-5-13(2)17(12)26-11-16-21-22-19(27)23(16)20-10-14-6-8-15(9-7-14)18(24)25/h3-10H,11H2,1-2H3,(H,22,27)(H,24,25)/p-1/b20-10-. The lowest BCUT2D eigenvalue weighted by atomic mass is 10.1. The van der Waals surface area contributed by atoms with Gasteiger partial charge in [-0.3, -0.25) is 0 Å². The summed E-state index contributed by atoms with van der Waals surface area (Å²) in [5.41, 5.74) is 2.89. The molecule has 7 nitrogen and oxygen atoms in total. The molecule has 0 bridgehead atoms. The number of aromatic amines is 1. The Balaban J connectivity index is 1.78. The molecule has 3 aromatic rings. The zero-order valence-corrected chi connectivity index (χ0v) is 15.6. The normalized spacial score (nSPS) is 11.0. The van der Waals surface area contributed by atoms with Crippen LogP contribution in [-0.2, 0) is 6.61 Å². The molecule has 0 aliphatic carbocycles. The van der Waals surface area contributed by atoms with Gasteiger partial charge in [-0.05, 0) is 48.3 Å². The van der Waals surface area contributed by atoms with Crippen molar-refractivity contribution in [2.24, 2.45) is 5.10 Å². The number of benzene rings is 2. The number of H-pyrrole nitrogens is 1. The summed E-state index contributed by atoms with van der Waals surface area (Å²) in [6.07, 6.45) is 1.56. The van der Waals surface area contributed by atoms with Crippen LogP contribution in [0.3, 0.4) is 0 Å². The van der Waals surface area contributed by atoms with Crippen molar-refractivity contribution in [1.29, 1.82) is 0 Å². The van der Waals surface area contributed by atoms with E-state index in [1.807, 2.05) is 32.0 Å². The first kappa shape index (κ1) is 18.5. The lowest BCUT2D eigenvalue weighted by molar-refractivity contribution is -0.255. The number of aryl methyl sites for hydroxylation is 2. The van der Waals surface area contributed by atoms with Crippen molar-refractivity contribution in [3.63, 3.8) is 0 Å². The Bertz CT molecular complexity index is 1030. The summed E-state index contributed by atoms with van der Waals surface area (Å²) in [6.45, 7) is 4.15. The molecule has 0 spiro atoms. The number of carboxylic acid groups (broad SMARTS) is 1. The van der Waals surface area contributed by atoms with Crippen LogP contribution in [0, 0.1) is 18.6 Å². The molecular formula is C19H17N4O3S-. The van der Waals surface area contributed by atoms with Crippen molar-refractivity contribution in [2.45, 2.75) is 20.5 Å². The highest BCUT2D eigenvalue weighted by Crippen LogP contribution is 2.23. The number of hydrogen-bond acceptors (Lipinski definition) is 6. The second kappa shape index (κ2) is 7.96. The van der Waals surface area contributed by atoms with E-state index < -0.39 is 5.97 Å². The van der Waals surface area contributed by atoms with Crippen LogP contribution in [0.25, 0.3) is 0 Å². The Labute approximate surface area is 160 Å². The third-order valence-corrected chi connectivity index (χ3v) is 4.20. The molecule has 0 aliphatic heterocycles. The maximum atomic E-state index is 10.8. The predicted molar refractivity (Wildman–Crippen MR) is 101 cm³/mol. The molecule has 0 aliphatic rings. The Hall–Kier alpha value is -3.26. The minimum Gasteiger partial charge on any atom is -0.545 e. The van der Waals surface area contributed by atoms with Gasteiger partial charge in [0, 0.05) is 0 Å². The van der Waals surface area contributed by atoms with Crippen LogP contribution in [0.1, 0.15) is 32.9 Å². The first-order valence-corrected chi connectivity index (χ1v) is 8.57. The molecular weight excluding hydrogens is 364 g/mol. The second-order valence-electron chi connectivity index (χ2n) is 5.92. The molecule has 0 amide bonds. The maximum Gasteiger partial charge on any atom is 0.216 e. The lowest BCUT2D eigenvalue weighted by Gasteiger charge is -2.11. The minimum atomic E-state index is -1.22. The van der Waals surface area contributed by atoms with Gasteiger partial charge in [-0.1, -0.05) is 42.5 Å². The summed E-state index contributed by atoms with van der Waals surface area (Å²) in [5.74, 6) is 0.103. The van der Waals surface area contributed by atoms with Crippen LogP contribution >= 0.6 is 12.2 Å². The third-order valence-electron chi connectivity index (χ3n) is 3.94. The molecule has 138 valence electrons. The largest absolute Gasteiger partial charge is 0.545 e. The van der Waals surface area contributed by atoms with Crippen LogP contribution in [0.5, 0.6) is 5.75 Å². The molecule has 0 saturated carbocycles. The molecule has 0 saturated heterocycles. The molecule has 0 unspecified atom stereocenters. The van der Waals surface area contributed by atoms with E-state index in [1.54, 1.807) is 18.3 Å². The van der Waals surface area contributed by atoms with E-state index in [0.717, 1.165) is 16.9 Å². The van der Waals surface area contributed by atoms with E-state index in [-0.39, 0.29) is 12.2 Å². The number of nitrogens with zero attached hydrogens (tertiary/aromatic N) is 3. The van der Waals surface area contributed by atoms with E-state index in [0.29, 0.717) is 16.2 Å². The fourth-order valence-corrected chi connectivity index (χ4v) is 2.73. The Morgan fingerprint density at radius 3 is 2.56 bits per heavy atom. The number of aromatic carboxylic acids is 1. The zero-order valence-electron chi connectivity index (χ0n) is 14.8. The summed E-state index contributed by atoms with van der Waals surface area (Å²) in [6, 6.07) is 12.1. The molecule has 1 N–H and O–H groups in total. The average molecular weight is 381 g/mol. The molecule has 3 rings (SSSR count). The third kappa shape index (κ3) is 4.29. The van der Waals surface area contributed by atoms with Gasteiger partial charge >= 0.3 is 0 Å². The molecule has 27 heavy (non-hydrogen) atoms. The highest BCUT2D eigenvalue weighted by Gasteiger charge is 2.09. The number of hydrogen-bond donors (Lipinski definition) is 1. The molecule has 2 aromatic carbocycles. The number of aromatic nitrogens is 3. The highest BCUT2D eigenvalue weighted by molar-refractivity contribution is 7.71. The smallest absolute Gasteiger partial charge is 0.216 e. The summed E-state index contributed by atoms with van der Waals surface area (Å²) in [4.78, 5) is 10.8. The van der Waals surface area contributed by atoms with Crippen LogP contribution in [0.4, 0.5) is 0 Å². The van der Waals surface area contributed by atoms with Gasteiger partial charge in [-0.2, -0.15) is 14.9 Å². The van der Waals surface area contributed by atoms with Gasteiger partial charge < -0.3 is 14.6 Å². The Morgan fingerprint density at radius 2 is 1.93 bits per heavy atom. The van der Waals surface area contributed by atoms with E-state index in [4.69, 9.17) is 17.0 Å². The van der Waals surface area contributed by atoms with Crippen LogP contribution in [0.15, 0.2) is 47.6 Å². The van der Waals surface area contributed by atoms with Gasteiger partial charge in [0.1, 0.15) is 12.4 Å². The van der Waals surface area contributed by atoms with Crippen LogP contribution in [0.2, 0.25) is 0 Å². The number of nitrogens with one attached hydrogen (secondary N) is 1. The average Bonchev–Trinajstić information content (AvgIpc) is 2.99. The van der Waals surface area contributed by atoms with Crippen molar-refractivity contribution >= 4 is 24.4 Å². The lowest BCUT2D eigenvalue weighted by Crippen LogP contribution is -2.21. The highest BCUT2D eigenvalue weighted by atomic mass is 32.1. The Kier molecular flexibility index (Phi) is 5.46. The number of rotatable bonds is 6. The molecule has 0 radical (unpaired) electrons. The monoisotopic (exact) mass is 381 g/mol. The van der Waals surface area contributed by atoms with Crippen molar-refractivity contribution in [2.75, 3.05) is 0 Å². The number of carbonyl (C=O) groups is 1.